The minimum atomic E-state index is 0.510. The van der Waals surface area contributed by atoms with Gasteiger partial charge in [0.05, 0.1) is 13.7 Å². The summed E-state index contributed by atoms with van der Waals surface area (Å²) >= 11 is 0. The molecule has 0 aliphatic rings. The molecule has 0 aliphatic heterocycles. The third-order valence-electron chi connectivity index (χ3n) is 2.90. The minimum Gasteiger partial charge on any atom is -0.493 e. The molecule has 3 nitrogen and oxygen atoms in total. The van der Waals surface area contributed by atoms with Crippen molar-refractivity contribution >= 4 is 0 Å². The normalized spacial score (nSPS) is 12.2. The molecular weight excluding hydrogens is 214 g/mol. The van der Waals surface area contributed by atoms with Crippen LogP contribution in [0.5, 0.6) is 11.5 Å². The van der Waals surface area contributed by atoms with E-state index in [1.54, 1.807) is 7.11 Å². The molecule has 1 N–H and O–H groups in total. The zero-order chi connectivity index (χ0) is 12.7. The molecule has 17 heavy (non-hydrogen) atoms. The van der Waals surface area contributed by atoms with Gasteiger partial charge >= 0.3 is 0 Å². The molecule has 1 aromatic rings. The largest absolute Gasteiger partial charge is 0.493 e. The summed E-state index contributed by atoms with van der Waals surface area (Å²) in [6, 6.07) is 6.58. The van der Waals surface area contributed by atoms with Gasteiger partial charge in [0.2, 0.25) is 0 Å². The molecule has 1 aromatic carbocycles. The number of para-hydroxylation sites is 1. The predicted molar refractivity (Wildman–Crippen MR) is 71.0 cm³/mol. The predicted octanol–water partition coefficient (Wildman–Crippen LogP) is 2.63. The molecule has 0 aliphatic carbocycles. The fraction of sp³-hybridized carbons (Fsp3) is 0.571. The van der Waals surface area contributed by atoms with Gasteiger partial charge in [0.25, 0.3) is 0 Å². The van der Waals surface area contributed by atoms with Gasteiger partial charge < -0.3 is 14.8 Å². The monoisotopic (exact) mass is 237 g/mol. The Morgan fingerprint density at radius 1 is 1.35 bits per heavy atom. The SMILES string of the molecule is CCOc1cccc(CCC(C)NC)c1OC. The minimum absolute atomic E-state index is 0.510. The first-order chi connectivity index (χ1) is 8.22. The molecule has 0 saturated heterocycles. The number of nitrogens with one attached hydrogen (secondary N) is 1. The molecule has 0 bridgehead atoms. The van der Waals surface area contributed by atoms with Crippen molar-refractivity contribution in [3.8, 4) is 11.5 Å². The smallest absolute Gasteiger partial charge is 0.163 e. The summed E-state index contributed by atoms with van der Waals surface area (Å²) in [5.74, 6) is 1.71. The fourth-order valence-corrected chi connectivity index (χ4v) is 1.78. The number of ether oxygens (including phenoxy) is 2. The Morgan fingerprint density at radius 3 is 2.71 bits per heavy atom. The molecular formula is C14H23NO2. The van der Waals surface area contributed by atoms with Crippen LogP contribution in [0.15, 0.2) is 18.2 Å². The van der Waals surface area contributed by atoms with E-state index < -0.39 is 0 Å². The third-order valence-corrected chi connectivity index (χ3v) is 2.90. The van der Waals surface area contributed by atoms with E-state index in [1.807, 2.05) is 26.1 Å². The van der Waals surface area contributed by atoms with Crippen LogP contribution in [0.3, 0.4) is 0 Å². The van der Waals surface area contributed by atoms with Crippen LogP contribution in [0.1, 0.15) is 25.8 Å². The van der Waals surface area contributed by atoms with E-state index in [0.29, 0.717) is 12.6 Å². The number of rotatable bonds is 7. The highest BCUT2D eigenvalue weighted by molar-refractivity contribution is 5.46. The lowest BCUT2D eigenvalue weighted by Crippen LogP contribution is -2.21. The average Bonchev–Trinajstić information content (AvgIpc) is 2.36. The van der Waals surface area contributed by atoms with Crippen molar-refractivity contribution in [1.82, 2.24) is 5.32 Å². The van der Waals surface area contributed by atoms with Crippen LogP contribution in [-0.4, -0.2) is 26.8 Å². The van der Waals surface area contributed by atoms with E-state index in [4.69, 9.17) is 9.47 Å². The van der Waals surface area contributed by atoms with Gasteiger partial charge in [0.1, 0.15) is 0 Å². The maximum atomic E-state index is 5.56. The van der Waals surface area contributed by atoms with Crippen LogP contribution in [0, 0.1) is 0 Å². The van der Waals surface area contributed by atoms with E-state index in [0.717, 1.165) is 24.3 Å². The molecule has 0 fully saturated rings. The van der Waals surface area contributed by atoms with Crippen LogP contribution in [0.2, 0.25) is 0 Å². The van der Waals surface area contributed by atoms with Gasteiger partial charge in [0, 0.05) is 6.04 Å². The molecule has 0 saturated carbocycles. The maximum Gasteiger partial charge on any atom is 0.163 e. The summed E-state index contributed by atoms with van der Waals surface area (Å²) in [4.78, 5) is 0. The van der Waals surface area contributed by atoms with Crippen LogP contribution in [-0.2, 0) is 6.42 Å². The van der Waals surface area contributed by atoms with Crippen molar-refractivity contribution in [2.45, 2.75) is 32.7 Å². The lowest BCUT2D eigenvalue weighted by molar-refractivity contribution is 0.309. The second-order valence-electron chi connectivity index (χ2n) is 4.11. The van der Waals surface area contributed by atoms with Gasteiger partial charge in [-0.2, -0.15) is 0 Å². The standard InChI is InChI=1S/C14H23NO2/c1-5-17-13-8-6-7-12(14(13)16-4)10-9-11(2)15-3/h6-8,11,15H,5,9-10H2,1-4H3. The van der Waals surface area contributed by atoms with Crippen molar-refractivity contribution < 1.29 is 9.47 Å². The fourth-order valence-electron chi connectivity index (χ4n) is 1.78. The Balaban J connectivity index is 2.79. The quantitative estimate of drug-likeness (QED) is 0.791. The van der Waals surface area contributed by atoms with Gasteiger partial charge in [-0.1, -0.05) is 12.1 Å². The summed E-state index contributed by atoms with van der Waals surface area (Å²) in [6.07, 6.45) is 2.08. The first-order valence-electron chi connectivity index (χ1n) is 6.18. The lowest BCUT2D eigenvalue weighted by Gasteiger charge is -2.15. The average molecular weight is 237 g/mol. The van der Waals surface area contributed by atoms with Gasteiger partial charge in [-0.3, -0.25) is 0 Å². The second-order valence-corrected chi connectivity index (χ2v) is 4.11. The van der Waals surface area contributed by atoms with E-state index in [2.05, 4.69) is 18.3 Å². The summed E-state index contributed by atoms with van der Waals surface area (Å²) in [7, 11) is 3.68. The van der Waals surface area contributed by atoms with E-state index >= 15 is 0 Å². The molecule has 1 unspecified atom stereocenters. The zero-order valence-corrected chi connectivity index (χ0v) is 11.2. The molecule has 96 valence electrons. The Morgan fingerprint density at radius 2 is 2.12 bits per heavy atom. The molecule has 1 rings (SSSR count). The molecule has 1 atom stereocenters. The Labute approximate surface area is 104 Å². The number of benzene rings is 1. The highest BCUT2D eigenvalue weighted by Crippen LogP contribution is 2.31. The van der Waals surface area contributed by atoms with Crippen molar-refractivity contribution in [2.24, 2.45) is 0 Å². The number of methoxy groups -OCH3 is 1. The topological polar surface area (TPSA) is 30.5 Å². The van der Waals surface area contributed by atoms with Gasteiger partial charge in [-0.25, -0.2) is 0 Å². The maximum absolute atomic E-state index is 5.56. The molecule has 0 radical (unpaired) electrons. The van der Waals surface area contributed by atoms with Gasteiger partial charge in [-0.05, 0) is 45.4 Å². The Bertz CT molecular complexity index is 339. The van der Waals surface area contributed by atoms with Crippen LogP contribution >= 0.6 is 0 Å². The zero-order valence-electron chi connectivity index (χ0n) is 11.2. The van der Waals surface area contributed by atoms with Crippen LogP contribution < -0.4 is 14.8 Å². The van der Waals surface area contributed by atoms with Crippen molar-refractivity contribution in [2.75, 3.05) is 20.8 Å². The van der Waals surface area contributed by atoms with Crippen molar-refractivity contribution in [1.29, 1.82) is 0 Å². The number of hydrogen-bond donors (Lipinski definition) is 1. The summed E-state index contributed by atoms with van der Waals surface area (Å²) in [5.41, 5.74) is 1.21. The van der Waals surface area contributed by atoms with Gasteiger partial charge in [0.15, 0.2) is 11.5 Å². The van der Waals surface area contributed by atoms with Crippen LogP contribution in [0.4, 0.5) is 0 Å². The Kier molecular flexibility index (Phi) is 5.84. The molecule has 0 heterocycles. The second kappa shape index (κ2) is 7.17. The van der Waals surface area contributed by atoms with Crippen molar-refractivity contribution in [3.05, 3.63) is 23.8 Å². The summed E-state index contributed by atoms with van der Waals surface area (Å²) < 4.78 is 11.0. The highest BCUT2D eigenvalue weighted by atomic mass is 16.5. The summed E-state index contributed by atoms with van der Waals surface area (Å²) in [5, 5.41) is 3.24. The molecule has 3 heteroatoms. The molecule has 0 aromatic heterocycles. The van der Waals surface area contributed by atoms with E-state index in [9.17, 15) is 0 Å². The van der Waals surface area contributed by atoms with Crippen LogP contribution in [0.25, 0.3) is 0 Å². The number of hydrogen-bond acceptors (Lipinski definition) is 3. The first kappa shape index (κ1) is 13.8. The third kappa shape index (κ3) is 3.93. The highest BCUT2D eigenvalue weighted by Gasteiger charge is 2.10. The summed E-state index contributed by atoms with van der Waals surface area (Å²) in [6.45, 7) is 4.82. The molecule has 0 amide bonds. The lowest BCUT2D eigenvalue weighted by atomic mass is 10.0. The van der Waals surface area contributed by atoms with E-state index in [-0.39, 0.29) is 0 Å². The van der Waals surface area contributed by atoms with E-state index in [1.165, 1.54) is 5.56 Å². The van der Waals surface area contributed by atoms with Crippen molar-refractivity contribution in [3.63, 3.8) is 0 Å². The number of aryl methyl sites for hydroxylation is 1. The van der Waals surface area contributed by atoms with Gasteiger partial charge in [-0.15, -0.1) is 0 Å². The first-order valence-corrected chi connectivity index (χ1v) is 6.18. The molecule has 0 spiro atoms. The Hall–Kier alpha value is -1.22.